The monoisotopic (exact) mass is 417 g/mol. The molecule has 1 aliphatic heterocycles. The van der Waals surface area contributed by atoms with Gasteiger partial charge in [-0.15, -0.1) is 0 Å². The molecule has 8 nitrogen and oxygen atoms in total. The number of aromatic nitrogens is 1. The summed E-state index contributed by atoms with van der Waals surface area (Å²) in [5.41, 5.74) is 0. The third-order valence-electron chi connectivity index (χ3n) is 4.69. The quantitative estimate of drug-likeness (QED) is 0.659. The van der Waals surface area contributed by atoms with Crippen LogP contribution in [-0.2, 0) is 24.7 Å². The number of likely N-dealkylation sites (tertiary alicyclic amines) is 1. The summed E-state index contributed by atoms with van der Waals surface area (Å²) in [5.74, 6) is -0.745. The van der Waals surface area contributed by atoms with E-state index in [4.69, 9.17) is 0 Å². The highest BCUT2D eigenvalue weighted by Crippen LogP contribution is 2.19. The number of pyridine rings is 1. The lowest BCUT2D eigenvalue weighted by Gasteiger charge is -2.30. The number of sulfonamides is 1. The Kier molecular flexibility index (Phi) is 6.98. The lowest BCUT2D eigenvalue weighted by molar-refractivity contribution is -0.130. The van der Waals surface area contributed by atoms with E-state index in [1.165, 1.54) is 10.4 Å². The number of carbonyl (C=O) groups excluding carboxylic acids is 1. The molecule has 2 rings (SSSR count). The number of hydrogen-bond donors (Lipinski definition) is 0. The molecular weight excluding hydrogens is 390 g/mol. The van der Waals surface area contributed by atoms with Crippen molar-refractivity contribution in [3.8, 4) is 0 Å². The third kappa shape index (κ3) is 5.05. The van der Waals surface area contributed by atoms with Gasteiger partial charge in [0.15, 0.2) is 5.03 Å². The van der Waals surface area contributed by atoms with E-state index in [9.17, 15) is 21.6 Å². The second-order valence-electron chi connectivity index (χ2n) is 6.77. The van der Waals surface area contributed by atoms with E-state index in [0.29, 0.717) is 32.1 Å². The van der Waals surface area contributed by atoms with Crippen LogP contribution in [0.25, 0.3) is 0 Å². The molecule has 1 fully saturated rings. The van der Waals surface area contributed by atoms with Gasteiger partial charge < -0.3 is 4.90 Å². The molecule has 1 aromatic heterocycles. The molecule has 1 aliphatic rings. The van der Waals surface area contributed by atoms with Crippen LogP contribution in [0.15, 0.2) is 28.3 Å². The Bertz CT molecular complexity index is 862. The number of rotatable bonds is 7. The van der Waals surface area contributed by atoms with Crippen molar-refractivity contribution < 1.29 is 21.6 Å². The van der Waals surface area contributed by atoms with Gasteiger partial charge in [-0.3, -0.25) is 4.79 Å². The van der Waals surface area contributed by atoms with Crippen LogP contribution >= 0.6 is 0 Å². The predicted octanol–water partition coefficient (Wildman–Crippen LogP) is 1.14. The molecule has 2 heterocycles. The zero-order valence-corrected chi connectivity index (χ0v) is 17.6. The topological polar surface area (TPSA) is 105 Å². The van der Waals surface area contributed by atoms with E-state index in [1.807, 2.05) is 6.92 Å². The van der Waals surface area contributed by atoms with Gasteiger partial charge in [-0.1, -0.05) is 20.8 Å². The van der Waals surface area contributed by atoms with Crippen LogP contribution in [0.2, 0.25) is 0 Å². The number of carbonyl (C=O) groups is 1. The Hall–Kier alpha value is -1.52. The summed E-state index contributed by atoms with van der Waals surface area (Å²) >= 11 is 0. The summed E-state index contributed by atoms with van der Waals surface area (Å²) in [7, 11) is -7.64. The van der Waals surface area contributed by atoms with Crippen molar-refractivity contribution in [2.75, 3.05) is 31.9 Å². The maximum absolute atomic E-state index is 12.5. The van der Waals surface area contributed by atoms with Gasteiger partial charge in [-0.25, -0.2) is 21.8 Å². The minimum Gasteiger partial charge on any atom is -0.342 e. The fourth-order valence-corrected chi connectivity index (χ4v) is 5.71. The smallest absolute Gasteiger partial charge is 0.244 e. The molecule has 10 heteroatoms. The molecule has 0 saturated carbocycles. The average molecular weight is 418 g/mol. The molecule has 0 unspecified atom stereocenters. The zero-order valence-electron chi connectivity index (χ0n) is 16.0. The van der Waals surface area contributed by atoms with Crippen LogP contribution in [0, 0.1) is 5.92 Å². The standard InChI is InChI=1S/C17H27N3O5S2/c1-4-20(5-2)27(24,25)15-8-9-16(18-11-15)26(22,23)13-17(21)19-10-6-7-14(3)12-19/h8-9,11,14H,4-7,10,12-13H2,1-3H3/t14-/m1/s1. The fraction of sp³-hybridized carbons (Fsp3) is 0.647. The zero-order chi connectivity index (χ0) is 20.2. The fourth-order valence-electron chi connectivity index (χ4n) is 3.16. The van der Waals surface area contributed by atoms with E-state index in [2.05, 4.69) is 4.98 Å². The minimum absolute atomic E-state index is 0.0682. The van der Waals surface area contributed by atoms with Gasteiger partial charge in [0.1, 0.15) is 10.6 Å². The summed E-state index contributed by atoms with van der Waals surface area (Å²) in [6, 6.07) is 2.37. The number of sulfone groups is 1. The summed E-state index contributed by atoms with van der Waals surface area (Å²) in [6.45, 7) is 7.21. The number of hydrogen-bond acceptors (Lipinski definition) is 6. The molecular formula is C17H27N3O5S2. The molecule has 0 aliphatic carbocycles. The molecule has 0 N–H and O–H groups in total. The van der Waals surface area contributed by atoms with Crippen LogP contribution in [0.4, 0.5) is 0 Å². The van der Waals surface area contributed by atoms with Gasteiger partial charge in [0.2, 0.25) is 25.8 Å². The van der Waals surface area contributed by atoms with Crippen molar-refractivity contribution in [1.29, 1.82) is 0 Å². The number of piperidine rings is 1. The van der Waals surface area contributed by atoms with Crippen molar-refractivity contribution in [1.82, 2.24) is 14.2 Å². The highest BCUT2D eigenvalue weighted by Gasteiger charge is 2.28. The van der Waals surface area contributed by atoms with Crippen molar-refractivity contribution >= 4 is 25.8 Å². The van der Waals surface area contributed by atoms with Crippen molar-refractivity contribution in [3.63, 3.8) is 0 Å². The Morgan fingerprint density at radius 2 is 1.89 bits per heavy atom. The first-order valence-corrected chi connectivity index (χ1v) is 12.2. The van der Waals surface area contributed by atoms with Crippen LogP contribution in [0.1, 0.15) is 33.6 Å². The number of amides is 1. The molecule has 0 radical (unpaired) electrons. The van der Waals surface area contributed by atoms with Crippen LogP contribution in [0.3, 0.4) is 0 Å². The van der Waals surface area contributed by atoms with Crippen molar-refractivity contribution in [3.05, 3.63) is 18.3 Å². The predicted molar refractivity (Wildman–Crippen MR) is 101 cm³/mol. The van der Waals surface area contributed by atoms with Gasteiger partial charge in [-0.2, -0.15) is 4.31 Å². The summed E-state index contributed by atoms with van der Waals surface area (Å²) in [4.78, 5) is 17.7. The number of nitrogens with zero attached hydrogens (tertiary/aromatic N) is 3. The first kappa shape index (κ1) is 21.8. The molecule has 0 aromatic carbocycles. The maximum atomic E-state index is 12.5. The van der Waals surface area contributed by atoms with Gasteiger partial charge in [0.05, 0.1) is 0 Å². The van der Waals surface area contributed by atoms with E-state index in [1.54, 1.807) is 18.7 Å². The van der Waals surface area contributed by atoms with E-state index >= 15 is 0 Å². The van der Waals surface area contributed by atoms with Crippen LogP contribution in [-0.4, -0.2) is 68.9 Å². The normalized spacial score (nSPS) is 18.7. The first-order chi connectivity index (χ1) is 12.6. The molecule has 1 saturated heterocycles. The summed E-state index contributed by atoms with van der Waals surface area (Å²) in [6.07, 6.45) is 2.93. The largest absolute Gasteiger partial charge is 0.342 e. The Labute approximate surface area is 161 Å². The molecule has 0 bridgehead atoms. The Morgan fingerprint density at radius 1 is 1.22 bits per heavy atom. The molecule has 1 atom stereocenters. The van der Waals surface area contributed by atoms with Crippen LogP contribution < -0.4 is 0 Å². The average Bonchev–Trinajstić information content (AvgIpc) is 2.62. The molecule has 0 spiro atoms. The van der Waals surface area contributed by atoms with E-state index in [0.717, 1.165) is 25.1 Å². The lowest BCUT2D eigenvalue weighted by atomic mass is 10.0. The molecule has 152 valence electrons. The minimum atomic E-state index is -3.93. The van der Waals surface area contributed by atoms with E-state index in [-0.39, 0.29) is 9.92 Å². The molecule has 27 heavy (non-hydrogen) atoms. The maximum Gasteiger partial charge on any atom is 0.244 e. The second kappa shape index (κ2) is 8.66. The Morgan fingerprint density at radius 3 is 2.41 bits per heavy atom. The SMILES string of the molecule is CCN(CC)S(=O)(=O)c1ccc(S(=O)(=O)CC(=O)N2CCC[C@@H](C)C2)nc1. The summed E-state index contributed by atoms with van der Waals surface area (Å²) in [5, 5.41) is -0.292. The molecule has 1 amide bonds. The van der Waals surface area contributed by atoms with Gasteiger partial charge >= 0.3 is 0 Å². The molecule has 1 aromatic rings. The van der Waals surface area contributed by atoms with Gasteiger partial charge in [0, 0.05) is 32.4 Å². The first-order valence-electron chi connectivity index (χ1n) is 9.08. The van der Waals surface area contributed by atoms with Crippen molar-refractivity contribution in [2.45, 2.75) is 43.5 Å². The van der Waals surface area contributed by atoms with Gasteiger partial charge in [-0.05, 0) is 30.9 Å². The van der Waals surface area contributed by atoms with Crippen LogP contribution in [0.5, 0.6) is 0 Å². The second-order valence-corrected chi connectivity index (χ2v) is 10.6. The van der Waals surface area contributed by atoms with E-state index < -0.39 is 31.5 Å². The van der Waals surface area contributed by atoms with Gasteiger partial charge in [0.25, 0.3) is 0 Å². The highest BCUT2D eigenvalue weighted by molar-refractivity contribution is 7.92. The van der Waals surface area contributed by atoms with Crippen molar-refractivity contribution in [2.24, 2.45) is 5.92 Å². The summed E-state index contributed by atoms with van der Waals surface area (Å²) < 4.78 is 51.2. The highest BCUT2D eigenvalue weighted by atomic mass is 32.2. The lowest BCUT2D eigenvalue weighted by Crippen LogP contribution is -2.42. The third-order valence-corrected chi connectivity index (χ3v) is 8.23. The Balaban J connectivity index is 2.16.